The van der Waals surface area contributed by atoms with Crippen molar-refractivity contribution in [3.05, 3.63) is 45.4 Å². The van der Waals surface area contributed by atoms with Crippen LogP contribution in [0.5, 0.6) is 0 Å². The van der Waals surface area contributed by atoms with E-state index in [2.05, 4.69) is 0 Å². The van der Waals surface area contributed by atoms with Gasteiger partial charge in [-0.1, -0.05) is 6.92 Å². The van der Waals surface area contributed by atoms with Gasteiger partial charge < -0.3 is 0 Å². The predicted octanol–water partition coefficient (Wildman–Crippen LogP) is 2.38. The van der Waals surface area contributed by atoms with Crippen LogP contribution >= 0.6 is 0 Å². The standard InChI is InChI=1S/C10H8FN2O2/c1-7(5-11)10-4-9(13(14)15)3-2-8(10)6-12/h2-4H,5H2,1H3. The number of alkyl halides is 1. The minimum absolute atomic E-state index is 0.142. The van der Waals surface area contributed by atoms with Crippen LogP contribution in [0.3, 0.4) is 0 Å². The Kier molecular flexibility index (Phi) is 3.34. The normalized spacial score (nSPS) is 10.0. The quantitative estimate of drug-likeness (QED) is 0.564. The number of hydrogen-bond acceptors (Lipinski definition) is 3. The zero-order chi connectivity index (χ0) is 11.4. The molecule has 0 aromatic heterocycles. The van der Waals surface area contributed by atoms with Gasteiger partial charge in [0, 0.05) is 18.1 Å². The molecule has 0 aliphatic rings. The third-order valence-electron chi connectivity index (χ3n) is 1.99. The molecule has 0 unspecified atom stereocenters. The Morgan fingerprint density at radius 1 is 1.67 bits per heavy atom. The van der Waals surface area contributed by atoms with Gasteiger partial charge in [0.1, 0.15) is 0 Å². The summed E-state index contributed by atoms with van der Waals surface area (Å²) in [6, 6.07) is 5.64. The van der Waals surface area contributed by atoms with E-state index in [0.717, 1.165) is 0 Å². The fraction of sp³-hybridized carbons (Fsp3) is 0.200. The summed E-state index contributed by atoms with van der Waals surface area (Å²) in [5, 5.41) is 19.2. The molecule has 0 aliphatic carbocycles. The van der Waals surface area contributed by atoms with E-state index in [0.29, 0.717) is 11.5 Å². The van der Waals surface area contributed by atoms with E-state index in [1.807, 2.05) is 6.07 Å². The number of nitro benzene ring substituents is 1. The van der Waals surface area contributed by atoms with Gasteiger partial charge in [-0.05, 0) is 11.6 Å². The van der Waals surface area contributed by atoms with E-state index >= 15 is 0 Å². The Bertz CT molecular complexity index is 426. The number of rotatable bonds is 3. The van der Waals surface area contributed by atoms with Crippen LogP contribution in [-0.4, -0.2) is 11.6 Å². The molecule has 0 fully saturated rings. The van der Waals surface area contributed by atoms with Crippen LogP contribution in [0.15, 0.2) is 18.2 Å². The fourth-order valence-corrected chi connectivity index (χ4v) is 1.17. The summed E-state index contributed by atoms with van der Waals surface area (Å²) in [4.78, 5) is 9.91. The van der Waals surface area contributed by atoms with Gasteiger partial charge in [0.25, 0.3) is 5.69 Å². The molecule has 1 aromatic carbocycles. The van der Waals surface area contributed by atoms with Crippen LogP contribution in [0.4, 0.5) is 10.1 Å². The molecule has 0 spiro atoms. The lowest BCUT2D eigenvalue weighted by atomic mass is 9.97. The predicted molar refractivity (Wildman–Crippen MR) is 51.8 cm³/mol. The number of benzene rings is 1. The lowest BCUT2D eigenvalue weighted by Crippen LogP contribution is -2.01. The average molecular weight is 207 g/mol. The Hall–Kier alpha value is -1.96. The van der Waals surface area contributed by atoms with E-state index in [9.17, 15) is 14.5 Å². The summed E-state index contributed by atoms with van der Waals surface area (Å²) < 4.78 is 12.4. The van der Waals surface area contributed by atoms with Crippen molar-refractivity contribution in [2.75, 3.05) is 6.67 Å². The van der Waals surface area contributed by atoms with Gasteiger partial charge in [0.05, 0.1) is 23.2 Å². The molecule has 0 saturated heterocycles. The molecule has 0 amide bonds. The number of hydrogen-bond donors (Lipinski definition) is 0. The summed E-state index contributed by atoms with van der Waals surface area (Å²) >= 11 is 0. The fourth-order valence-electron chi connectivity index (χ4n) is 1.17. The van der Waals surface area contributed by atoms with Crippen molar-refractivity contribution in [1.82, 2.24) is 0 Å². The molecule has 77 valence electrons. The van der Waals surface area contributed by atoms with Crippen LogP contribution in [0.1, 0.15) is 18.1 Å². The molecule has 4 nitrogen and oxygen atoms in total. The molecule has 1 rings (SSSR count). The molecule has 0 aliphatic heterocycles. The molecular formula is C10H8FN2O2. The lowest BCUT2D eigenvalue weighted by Gasteiger charge is -2.07. The number of nitrogens with zero attached hydrogens (tertiary/aromatic N) is 2. The summed E-state index contributed by atoms with van der Waals surface area (Å²) in [5.74, 6) is 0.315. The molecule has 0 atom stereocenters. The van der Waals surface area contributed by atoms with Gasteiger partial charge in [0.2, 0.25) is 0 Å². The highest BCUT2D eigenvalue weighted by Gasteiger charge is 2.15. The monoisotopic (exact) mass is 207 g/mol. The lowest BCUT2D eigenvalue weighted by molar-refractivity contribution is -0.384. The van der Waals surface area contributed by atoms with Gasteiger partial charge in [0.15, 0.2) is 0 Å². The van der Waals surface area contributed by atoms with Gasteiger partial charge in [-0.25, -0.2) is 0 Å². The Morgan fingerprint density at radius 3 is 2.80 bits per heavy atom. The second-order valence-electron chi connectivity index (χ2n) is 3.01. The molecule has 0 bridgehead atoms. The van der Waals surface area contributed by atoms with Gasteiger partial charge in [-0.15, -0.1) is 0 Å². The maximum atomic E-state index is 12.4. The van der Waals surface area contributed by atoms with Crippen molar-refractivity contribution in [2.45, 2.75) is 6.92 Å². The summed E-state index contributed by atoms with van der Waals surface area (Å²) in [6.45, 7) is 0.774. The summed E-state index contributed by atoms with van der Waals surface area (Å²) in [5.41, 5.74) is 0.404. The van der Waals surface area contributed by atoms with Crippen molar-refractivity contribution in [3.63, 3.8) is 0 Å². The highest BCUT2D eigenvalue weighted by molar-refractivity contribution is 5.51. The maximum absolute atomic E-state index is 12.4. The Labute approximate surface area is 86.1 Å². The van der Waals surface area contributed by atoms with Crippen LogP contribution in [0.25, 0.3) is 0 Å². The minimum atomic E-state index is -0.726. The van der Waals surface area contributed by atoms with Crippen molar-refractivity contribution in [3.8, 4) is 6.07 Å². The first-order chi connectivity index (χ1) is 7.10. The first-order valence-corrected chi connectivity index (χ1v) is 4.17. The Morgan fingerprint density at radius 2 is 2.33 bits per heavy atom. The van der Waals surface area contributed by atoms with Crippen molar-refractivity contribution in [1.29, 1.82) is 5.26 Å². The SMILES string of the molecule is C[C](CF)c1cc([N+](=O)[O-])ccc1C#N. The second kappa shape index (κ2) is 4.51. The van der Waals surface area contributed by atoms with Gasteiger partial charge in [-0.3, -0.25) is 14.5 Å². The molecule has 1 aromatic rings. The van der Waals surface area contributed by atoms with Crippen LogP contribution in [-0.2, 0) is 0 Å². The summed E-state index contributed by atoms with van der Waals surface area (Å²) in [6.07, 6.45) is 0. The molecular weight excluding hydrogens is 199 g/mol. The molecule has 0 heterocycles. The van der Waals surface area contributed by atoms with Crippen LogP contribution in [0.2, 0.25) is 0 Å². The van der Waals surface area contributed by atoms with E-state index in [4.69, 9.17) is 5.26 Å². The van der Waals surface area contributed by atoms with E-state index < -0.39 is 11.6 Å². The summed E-state index contributed by atoms with van der Waals surface area (Å²) in [7, 11) is 0. The number of nitriles is 1. The molecule has 0 saturated carbocycles. The first kappa shape index (κ1) is 11.1. The first-order valence-electron chi connectivity index (χ1n) is 4.17. The molecule has 0 N–H and O–H groups in total. The number of non-ortho nitro benzene ring substituents is 1. The number of nitro groups is 1. The maximum Gasteiger partial charge on any atom is 0.269 e. The minimum Gasteiger partial charge on any atom is -0.258 e. The Balaban J connectivity index is 3.26. The average Bonchev–Trinajstić information content (AvgIpc) is 2.27. The van der Waals surface area contributed by atoms with E-state index in [1.165, 1.54) is 25.1 Å². The topological polar surface area (TPSA) is 66.9 Å². The third kappa shape index (κ3) is 2.29. The van der Waals surface area contributed by atoms with Crippen molar-refractivity contribution >= 4 is 5.69 Å². The van der Waals surface area contributed by atoms with Crippen molar-refractivity contribution < 1.29 is 9.31 Å². The van der Waals surface area contributed by atoms with Crippen LogP contribution < -0.4 is 0 Å². The van der Waals surface area contributed by atoms with Gasteiger partial charge in [-0.2, -0.15) is 5.26 Å². The number of halogens is 1. The highest BCUT2D eigenvalue weighted by Crippen LogP contribution is 2.24. The second-order valence-corrected chi connectivity index (χ2v) is 3.01. The largest absolute Gasteiger partial charge is 0.269 e. The highest BCUT2D eigenvalue weighted by atomic mass is 19.1. The smallest absolute Gasteiger partial charge is 0.258 e. The van der Waals surface area contributed by atoms with Crippen LogP contribution in [0, 0.1) is 27.4 Å². The van der Waals surface area contributed by atoms with Gasteiger partial charge >= 0.3 is 0 Å². The zero-order valence-electron chi connectivity index (χ0n) is 8.03. The zero-order valence-corrected chi connectivity index (χ0v) is 8.03. The molecule has 5 heteroatoms. The van der Waals surface area contributed by atoms with E-state index in [1.54, 1.807) is 0 Å². The molecule has 15 heavy (non-hydrogen) atoms. The molecule has 1 radical (unpaired) electrons. The van der Waals surface area contributed by atoms with E-state index in [-0.39, 0.29) is 11.3 Å². The third-order valence-corrected chi connectivity index (χ3v) is 1.99. The van der Waals surface area contributed by atoms with Crippen molar-refractivity contribution in [2.24, 2.45) is 0 Å².